The van der Waals surface area contributed by atoms with Gasteiger partial charge in [-0.15, -0.1) is 0 Å². The fraction of sp³-hybridized carbons (Fsp3) is 0.619. The molecule has 2 atom stereocenters. The number of carbonyl (C=O) groups excluding carboxylic acids is 2. The number of halogens is 1. The first kappa shape index (κ1) is 23.8. The van der Waals surface area contributed by atoms with E-state index in [4.69, 9.17) is 16.3 Å². The molecule has 2 aliphatic rings. The van der Waals surface area contributed by atoms with Crippen LogP contribution in [0, 0.1) is 5.92 Å². The molecule has 0 saturated carbocycles. The van der Waals surface area contributed by atoms with Crippen LogP contribution >= 0.6 is 11.6 Å². The number of hydrogen-bond donors (Lipinski definition) is 1. The van der Waals surface area contributed by atoms with E-state index in [9.17, 15) is 18.0 Å². The Hall–Kier alpha value is -1.84. The van der Waals surface area contributed by atoms with Crippen molar-refractivity contribution >= 4 is 33.4 Å². The first-order valence-corrected chi connectivity index (χ1v) is 12.9. The van der Waals surface area contributed by atoms with Crippen molar-refractivity contribution in [3.63, 3.8) is 0 Å². The van der Waals surface area contributed by atoms with Crippen LogP contribution < -0.4 is 9.46 Å². The number of amides is 2. The molecule has 2 heterocycles. The lowest BCUT2D eigenvalue weighted by Crippen LogP contribution is -2.51. The van der Waals surface area contributed by atoms with Gasteiger partial charge in [0.2, 0.25) is 21.8 Å². The van der Waals surface area contributed by atoms with Crippen LogP contribution in [0.25, 0.3) is 0 Å². The molecule has 8 nitrogen and oxygen atoms in total. The van der Waals surface area contributed by atoms with Gasteiger partial charge in [0.1, 0.15) is 11.9 Å². The van der Waals surface area contributed by atoms with Crippen LogP contribution in [-0.2, 0) is 19.6 Å². The average molecular weight is 472 g/mol. The van der Waals surface area contributed by atoms with E-state index < -0.39 is 10.0 Å². The predicted octanol–water partition coefficient (Wildman–Crippen LogP) is 1.89. The molecule has 2 aliphatic heterocycles. The van der Waals surface area contributed by atoms with Crippen LogP contribution in [-0.4, -0.2) is 75.1 Å². The third kappa shape index (κ3) is 7.36. The van der Waals surface area contributed by atoms with Crippen LogP contribution in [0.15, 0.2) is 24.3 Å². The highest BCUT2D eigenvalue weighted by Crippen LogP contribution is 2.28. The normalized spacial score (nSPS) is 22.3. The molecular formula is C21H30ClN3O5S. The molecular weight excluding hydrogens is 442 g/mol. The summed E-state index contributed by atoms with van der Waals surface area (Å²) in [5, 5.41) is 0.568. The monoisotopic (exact) mass is 471 g/mol. The molecule has 10 heteroatoms. The smallest absolute Gasteiger partial charge is 0.237 e. The SMILES string of the molecule is CS(=O)(=O)NCC(=O)N1CC[C@H](Oc2cccc(Cl)c2)[C@@H](CC(=O)N2CCCCC2)C1. The van der Waals surface area contributed by atoms with Gasteiger partial charge in [-0.05, 0) is 37.5 Å². The number of nitrogens with zero attached hydrogens (tertiary/aromatic N) is 2. The van der Waals surface area contributed by atoms with Crippen LogP contribution in [0.5, 0.6) is 5.75 Å². The van der Waals surface area contributed by atoms with Crippen LogP contribution in [0.1, 0.15) is 32.1 Å². The van der Waals surface area contributed by atoms with Crippen molar-refractivity contribution in [2.75, 3.05) is 39.0 Å². The quantitative estimate of drug-likeness (QED) is 0.655. The minimum atomic E-state index is -3.46. The van der Waals surface area contributed by atoms with Gasteiger partial charge in [-0.25, -0.2) is 13.1 Å². The highest BCUT2D eigenvalue weighted by molar-refractivity contribution is 7.88. The van der Waals surface area contributed by atoms with Gasteiger partial charge in [-0.2, -0.15) is 0 Å². The molecule has 1 aromatic carbocycles. The molecule has 172 valence electrons. The molecule has 2 amide bonds. The van der Waals surface area contributed by atoms with E-state index in [1.54, 1.807) is 23.1 Å². The lowest BCUT2D eigenvalue weighted by atomic mass is 9.90. The summed E-state index contributed by atoms with van der Waals surface area (Å²) in [6.45, 7) is 2.03. The van der Waals surface area contributed by atoms with E-state index in [-0.39, 0.29) is 36.8 Å². The van der Waals surface area contributed by atoms with Crippen molar-refractivity contribution in [2.24, 2.45) is 5.92 Å². The number of hydrogen-bond acceptors (Lipinski definition) is 5. The van der Waals surface area contributed by atoms with Gasteiger partial charge < -0.3 is 14.5 Å². The maximum atomic E-state index is 12.9. The molecule has 31 heavy (non-hydrogen) atoms. The molecule has 0 radical (unpaired) electrons. The Morgan fingerprint density at radius 1 is 1.13 bits per heavy atom. The van der Waals surface area contributed by atoms with Gasteiger partial charge >= 0.3 is 0 Å². The van der Waals surface area contributed by atoms with Gasteiger partial charge in [-0.1, -0.05) is 17.7 Å². The lowest BCUT2D eigenvalue weighted by Gasteiger charge is -2.39. The number of benzene rings is 1. The van der Waals surface area contributed by atoms with Crippen LogP contribution in [0.2, 0.25) is 5.02 Å². The molecule has 1 aromatic rings. The maximum Gasteiger partial charge on any atom is 0.237 e. The predicted molar refractivity (Wildman–Crippen MR) is 118 cm³/mol. The number of carbonyl (C=O) groups is 2. The Labute approximate surface area is 188 Å². The lowest BCUT2D eigenvalue weighted by molar-refractivity contribution is -0.139. The fourth-order valence-electron chi connectivity index (χ4n) is 4.10. The third-order valence-electron chi connectivity index (χ3n) is 5.73. The summed E-state index contributed by atoms with van der Waals surface area (Å²) in [4.78, 5) is 28.9. The summed E-state index contributed by atoms with van der Waals surface area (Å²) in [6.07, 6.45) is 4.79. The number of nitrogens with one attached hydrogen (secondary N) is 1. The second-order valence-electron chi connectivity index (χ2n) is 8.24. The summed E-state index contributed by atoms with van der Waals surface area (Å²) >= 11 is 6.07. The molecule has 0 unspecified atom stereocenters. The first-order valence-electron chi connectivity index (χ1n) is 10.6. The number of sulfonamides is 1. The largest absolute Gasteiger partial charge is 0.490 e. The number of piperidine rings is 2. The topological polar surface area (TPSA) is 96.0 Å². The molecule has 0 bridgehead atoms. The van der Waals surface area contributed by atoms with Crippen LogP contribution in [0.3, 0.4) is 0 Å². The van der Waals surface area contributed by atoms with Gasteiger partial charge in [0, 0.05) is 50.0 Å². The van der Waals surface area contributed by atoms with Crippen molar-refractivity contribution in [2.45, 2.75) is 38.2 Å². The Bertz CT molecular complexity index is 889. The maximum absolute atomic E-state index is 12.9. The molecule has 0 spiro atoms. The van der Waals surface area contributed by atoms with E-state index in [1.165, 1.54) is 0 Å². The average Bonchev–Trinajstić information content (AvgIpc) is 2.73. The minimum Gasteiger partial charge on any atom is -0.490 e. The second-order valence-corrected chi connectivity index (χ2v) is 10.5. The fourth-order valence-corrected chi connectivity index (χ4v) is 4.67. The Balaban J connectivity index is 1.69. The highest BCUT2D eigenvalue weighted by atomic mass is 35.5. The molecule has 1 N–H and O–H groups in total. The summed E-state index contributed by atoms with van der Waals surface area (Å²) < 4.78 is 31.1. The highest BCUT2D eigenvalue weighted by Gasteiger charge is 2.35. The summed E-state index contributed by atoms with van der Waals surface area (Å²) in [7, 11) is -3.46. The third-order valence-corrected chi connectivity index (χ3v) is 6.64. The van der Waals surface area contributed by atoms with Gasteiger partial charge in [0.25, 0.3) is 0 Å². The number of ether oxygens (including phenoxy) is 1. The van der Waals surface area contributed by atoms with Crippen molar-refractivity contribution in [1.29, 1.82) is 0 Å². The van der Waals surface area contributed by atoms with Gasteiger partial charge in [-0.3, -0.25) is 9.59 Å². The van der Waals surface area contributed by atoms with E-state index >= 15 is 0 Å². The van der Waals surface area contributed by atoms with Crippen LogP contribution in [0.4, 0.5) is 0 Å². The zero-order chi connectivity index (χ0) is 22.4. The van der Waals surface area contributed by atoms with Gasteiger partial charge in [0.15, 0.2) is 0 Å². The minimum absolute atomic E-state index is 0.0768. The van der Waals surface area contributed by atoms with E-state index in [0.717, 1.165) is 38.6 Å². The van der Waals surface area contributed by atoms with Gasteiger partial charge in [0.05, 0.1) is 12.8 Å². The first-order chi connectivity index (χ1) is 14.7. The molecule has 2 saturated heterocycles. The standard InChI is InChI=1S/C21H30ClN3O5S/c1-31(28,29)23-14-21(27)25-11-8-19(30-18-7-5-6-17(22)13-18)16(15-25)12-20(26)24-9-3-2-4-10-24/h5-7,13,16,19,23H,2-4,8-12,14-15H2,1H3/t16-,19-/m0/s1. The summed E-state index contributed by atoms with van der Waals surface area (Å²) in [6, 6.07) is 7.13. The summed E-state index contributed by atoms with van der Waals surface area (Å²) in [5.74, 6) is 0.214. The molecule has 3 rings (SSSR count). The van der Waals surface area contributed by atoms with E-state index in [0.29, 0.717) is 30.3 Å². The molecule has 2 fully saturated rings. The Morgan fingerprint density at radius 3 is 2.55 bits per heavy atom. The number of rotatable bonds is 7. The van der Waals surface area contributed by atoms with Crippen molar-refractivity contribution < 1.29 is 22.7 Å². The summed E-state index contributed by atoms with van der Waals surface area (Å²) in [5.41, 5.74) is 0. The Kier molecular flexibility index (Phi) is 8.18. The Morgan fingerprint density at radius 2 is 1.87 bits per heavy atom. The zero-order valence-electron chi connectivity index (χ0n) is 17.8. The molecule has 0 aliphatic carbocycles. The van der Waals surface area contributed by atoms with E-state index in [2.05, 4.69) is 4.72 Å². The van der Waals surface area contributed by atoms with Crippen molar-refractivity contribution in [1.82, 2.24) is 14.5 Å². The molecule has 0 aromatic heterocycles. The number of likely N-dealkylation sites (tertiary alicyclic amines) is 2. The second kappa shape index (κ2) is 10.7. The van der Waals surface area contributed by atoms with Crippen molar-refractivity contribution in [3.05, 3.63) is 29.3 Å². The van der Waals surface area contributed by atoms with E-state index in [1.807, 2.05) is 11.0 Å². The zero-order valence-corrected chi connectivity index (χ0v) is 19.3. The van der Waals surface area contributed by atoms with Crippen molar-refractivity contribution in [3.8, 4) is 5.75 Å².